The molecule has 0 spiro atoms. The highest BCUT2D eigenvalue weighted by molar-refractivity contribution is 5.22. The molecule has 0 unspecified atom stereocenters. The maximum absolute atomic E-state index is 2.41. The van der Waals surface area contributed by atoms with Crippen molar-refractivity contribution >= 4 is 0 Å². The first-order chi connectivity index (χ1) is 14.3. The van der Waals surface area contributed by atoms with Crippen molar-refractivity contribution in [2.24, 2.45) is 23.7 Å². The van der Waals surface area contributed by atoms with Crippen molar-refractivity contribution in [2.45, 2.75) is 123 Å². The molecule has 1 aromatic carbocycles. The van der Waals surface area contributed by atoms with Crippen LogP contribution in [-0.4, -0.2) is 0 Å². The van der Waals surface area contributed by atoms with Crippen LogP contribution in [0.5, 0.6) is 0 Å². The zero-order valence-corrected chi connectivity index (χ0v) is 19.6. The SMILES string of the molecule is CCCCCCc1ccc(CCC2CCC(C3CCC(CCC)CC3)CC2)cc1. The van der Waals surface area contributed by atoms with E-state index in [1.54, 1.807) is 24.0 Å². The Hall–Kier alpha value is -0.780. The molecule has 0 N–H and O–H groups in total. The Morgan fingerprint density at radius 1 is 0.552 bits per heavy atom. The van der Waals surface area contributed by atoms with Crippen LogP contribution in [0.15, 0.2) is 24.3 Å². The van der Waals surface area contributed by atoms with E-state index in [1.807, 2.05) is 0 Å². The number of hydrogen-bond donors (Lipinski definition) is 0. The first-order valence-electron chi connectivity index (χ1n) is 13.4. The van der Waals surface area contributed by atoms with E-state index in [0.717, 1.165) is 23.7 Å². The first kappa shape index (κ1) is 22.9. The summed E-state index contributed by atoms with van der Waals surface area (Å²) in [5, 5.41) is 0. The van der Waals surface area contributed by atoms with Crippen molar-refractivity contribution in [3.63, 3.8) is 0 Å². The Kier molecular flexibility index (Phi) is 10.1. The maximum Gasteiger partial charge on any atom is -0.0276 e. The molecule has 29 heavy (non-hydrogen) atoms. The van der Waals surface area contributed by atoms with Crippen molar-refractivity contribution in [1.29, 1.82) is 0 Å². The van der Waals surface area contributed by atoms with Crippen LogP contribution in [-0.2, 0) is 12.8 Å². The molecule has 0 atom stereocenters. The minimum atomic E-state index is 0.997. The van der Waals surface area contributed by atoms with Gasteiger partial charge in [0.05, 0.1) is 0 Å². The van der Waals surface area contributed by atoms with Gasteiger partial charge in [0, 0.05) is 0 Å². The van der Waals surface area contributed by atoms with E-state index in [0.29, 0.717) is 0 Å². The lowest BCUT2D eigenvalue weighted by Gasteiger charge is -2.38. The summed E-state index contributed by atoms with van der Waals surface area (Å²) in [7, 11) is 0. The van der Waals surface area contributed by atoms with Gasteiger partial charge in [-0.25, -0.2) is 0 Å². The number of aryl methyl sites for hydroxylation is 2. The predicted molar refractivity (Wildman–Crippen MR) is 128 cm³/mol. The van der Waals surface area contributed by atoms with Crippen molar-refractivity contribution < 1.29 is 0 Å². The van der Waals surface area contributed by atoms with Crippen molar-refractivity contribution in [2.75, 3.05) is 0 Å². The van der Waals surface area contributed by atoms with Gasteiger partial charge in [0.15, 0.2) is 0 Å². The lowest BCUT2D eigenvalue weighted by Crippen LogP contribution is -2.26. The summed E-state index contributed by atoms with van der Waals surface area (Å²) < 4.78 is 0. The Balaban J connectivity index is 1.31. The van der Waals surface area contributed by atoms with Crippen LogP contribution >= 0.6 is 0 Å². The molecule has 0 amide bonds. The van der Waals surface area contributed by atoms with E-state index in [2.05, 4.69) is 38.1 Å². The summed E-state index contributed by atoms with van der Waals surface area (Å²) in [5.74, 6) is 4.21. The van der Waals surface area contributed by atoms with Crippen molar-refractivity contribution in [1.82, 2.24) is 0 Å². The Morgan fingerprint density at radius 3 is 1.59 bits per heavy atom. The summed E-state index contributed by atoms with van der Waals surface area (Å²) in [6.45, 7) is 4.65. The van der Waals surface area contributed by atoms with Crippen LogP contribution in [0.2, 0.25) is 0 Å². The highest BCUT2D eigenvalue weighted by Crippen LogP contribution is 2.42. The van der Waals surface area contributed by atoms with E-state index in [1.165, 1.54) is 96.3 Å². The fraction of sp³-hybridized carbons (Fsp3) is 0.793. The van der Waals surface area contributed by atoms with Gasteiger partial charge < -0.3 is 0 Å². The fourth-order valence-corrected chi connectivity index (χ4v) is 6.30. The lowest BCUT2D eigenvalue weighted by atomic mass is 9.68. The normalized spacial score (nSPS) is 27.8. The van der Waals surface area contributed by atoms with Gasteiger partial charge >= 0.3 is 0 Å². The standard InChI is InChI=1S/C29H48/c1-3-5-6-7-9-25-10-12-26(13-11-25)14-15-27-18-22-29(23-19-27)28-20-16-24(8-4-2)17-21-28/h10-13,24,27-29H,3-9,14-23H2,1-2H3. The van der Waals surface area contributed by atoms with E-state index in [4.69, 9.17) is 0 Å². The third-order valence-electron chi connectivity index (χ3n) is 8.33. The molecule has 2 aliphatic carbocycles. The summed E-state index contributed by atoms with van der Waals surface area (Å²) >= 11 is 0. The van der Waals surface area contributed by atoms with Gasteiger partial charge in [-0.2, -0.15) is 0 Å². The molecule has 0 aromatic heterocycles. The van der Waals surface area contributed by atoms with Crippen LogP contribution in [0.1, 0.15) is 121 Å². The molecule has 0 bridgehead atoms. The number of rotatable bonds is 11. The minimum absolute atomic E-state index is 0.997. The van der Waals surface area contributed by atoms with Gasteiger partial charge in [-0.1, -0.05) is 95.9 Å². The second kappa shape index (κ2) is 12.8. The monoisotopic (exact) mass is 396 g/mol. The fourth-order valence-electron chi connectivity index (χ4n) is 6.30. The molecule has 2 saturated carbocycles. The van der Waals surface area contributed by atoms with Gasteiger partial charge in [-0.15, -0.1) is 0 Å². The molecule has 0 aliphatic heterocycles. The van der Waals surface area contributed by atoms with E-state index < -0.39 is 0 Å². The number of benzene rings is 1. The molecule has 164 valence electrons. The Bertz CT molecular complexity index is 526. The number of unbranched alkanes of at least 4 members (excludes halogenated alkanes) is 3. The molecule has 1 aromatic rings. The summed E-state index contributed by atoms with van der Waals surface area (Å²) in [4.78, 5) is 0. The van der Waals surface area contributed by atoms with Gasteiger partial charge in [0.1, 0.15) is 0 Å². The molecule has 0 saturated heterocycles. The summed E-state index contributed by atoms with van der Waals surface area (Å²) in [6.07, 6.45) is 24.6. The van der Waals surface area contributed by atoms with E-state index >= 15 is 0 Å². The molecule has 0 nitrogen and oxygen atoms in total. The van der Waals surface area contributed by atoms with Crippen LogP contribution in [0, 0.1) is 23.7 Å². The molecule has 0 heteroatoms. The number of hydrogen-bond acceptors (Lipinski definition) is 0. The first-order valence-corrected chi connectivity index (χ1v) is 13.4. The second-order valence-corrected chi connectivity index (χ2v) is 10.5. The van der Waals surface area contributed by atoms with Crippen LogP contribution in [0.4, 0.5) is 0 Å². The topological polar surface area (TPSA) is 0 Å². The smallest absolute Gasteiger partial charge is 0.0276 e. The molecule has 2 aliphatic rings. The van der Waals surface area contributed by atoms with Crippen LogP contribution < -0.4 is 0 Å². The summed E-state index contributed by atoms with van der Waals surface area (Å²) in [6, 6.07) is 9.62. The minimum Gasteiger partial charge on any atom is -0.0654 e. The van der Waals surface area contributed by atoms with E-state index in [-0.39, 0.29) is 0 Å². The third kappa shape index (κ3) is 7.76. The van der Waals surface area contributed by atoms with E-state index in [9.17, 15) is 0 Å². The van der Waals surface area contributed by atoms with Crippen LogP contribution in [0.25, 0.3) is 0 Å². The zero-order valence-electron chi connectivity index (χ0n) is 19.6. The highest BCUT2D eigenvalue weighted by atomic mass is 14.4. The Labute approximate surface area is 182 Å². The van der Waals surface area contributed by atoms with Crippen molar-refractivity contribution in [3.05, 3.63) is 35.4 Å². The lowest BCUT2D eigenvalue weighted by molar-refractivity contribution is 0.141. The van der Waals surface area contributed by atoms with Crippen molar-refractivity contribution in [3.8, 4) is 0 Å². The zero-order chi connectivity index (χ0) is 20.3. The predicted octanol–water partition coefficient (Wildman–Crippen LogP) is 9.15. The molecule has 2 fully saturated rings. The molecular formula is C29H48. The van der Waals surface area contributed by atoms with Gasteiger partial charge in [-0.3, -0.25) is 0 Å². The average Bonchev–Trinajstić information content (AvgIpc) is 2.77. The molecule has 0 heterocycles. The second-order valence-electron chi connectivity index (χ2n) is 10.5. The Morgan fingerprint density at radius 2 is 1.07 bits per heavy atom. The molecule has 3 rings (SSSR count). The molecular weight excluding hydrogens is 348 g/mol. The largest absolute Gasteiger partial charge is 0.0654 e. The maximum atomic E-state index is 2.41. The highest BCUT2D eigenvalue weighted by Gasteiger charge is 2.30. The molecule has 0 radical (unpaired) electrons. The van der Waals surface area contributed by atoms with Gasteiger partial charge in [0.25, 0.3) is 0 Å². The van der Waals surface area contributed by atoms with Gasteiger partial charge in [0.2, 0.25) is 0 Å². The summed E-state index contributed by atoms with van der Waals surface area (Å²) in [5.41, 5.74) is 3.11. The van der Waals surface area contributed by atoms with Crippen LogP contribution in [0.3, 0.4) is 0 Å². The van der Waals surface area contributed by atoms with Gasteiger partial charge in [-0.05, 0) is 86.2 Å². The average molecular weight is 397 g/mol. The quantitative estimate of drug-likeness (QED) is 0.327. The third-order valence-corrected chi connectivity index (χ3v) is 8.33.